The van der Waals surface area contributed by atoms with Gasteiger partial charge in [-0.15, -0.1) is 0 Å². The van der Waals surface area contributed by atoms with Gasteiger partial charge in [-0.3, -0.25) is 0 Å². The molecule has 0 aliphatic heterocycles. The molecule has 0 bridgehead atoms. The Hall–Kier alpha value is -0.410. The fourth-order valence-corrected chi connectivity index (χ4v) is 1.42. The maximum absolute atomic E-state index is 13.1. The highest BCUT2D eigenvalue weighted by Crippen LogP contribution is 2.18. The average Bonchev–Trinajstić information content (AvgIpc) is 1.94. The molecule has 0 unspecified atom stereocenters. The second kappa shape index (κ2) is 3.76. The van der Waals surface area contributed by atoms with Gasteiger partial charge < -0.3 is 5.73 Å². The highest BCUT2D eigenvalue weighted by molar-refractivity contribution is 9.10. The molecule has 1 nitrogen and oxygen atoms in total. The molecule has 0 heterocycles. The third kappa shape index (κ3) is 3.44. The molecule has 72 valence electrons. The van der Waals surface area contributed by atoms with Gasteiger partial charge in [0.1, 0.15) is 5.82 Å². The first kappa shape index (κ1) is 10.7. The van der Waals surface area contributed by atoms with E-state index in [0.29, 0.717) is 10.9 Å². The summed E-state index contributed by atoms with van der Waals surface area (Å²) >= 11 is 3.10. The molecule has 13 heavy (non-hydrogen) atoms. The van der Waals surface area contributed by atoms with E-state index in [1.807, 2.05) is 19.9 Å². The number of hydrogen-bond acceptors (Lipinski definition) is 1. The van der Waals surface area contributed by atoms with Crippen molar-refractivity contribution in [2.24, 2.45) is 5.73 Å². The fraction of sp³-hybridized carbons (Fsp3) is 0.400. The maximum Gasteiger partial charge on any atom is 0.137 e. The molecular formula is C10H13BrFN. The number of nitrogens with two attached hydrogens (primary N) is 1. The molecule has 0 aliphatic rings. The summed E-state index contributed by atoms with van der Waals surface area (Å²) in [5, 5.41) is 0. The molecule has 0 aliphatic carbocycles. The molecule has 0 saturated carbocycles. The summed E-state index contributed by atoms with van der Waals surface area (Å²) in [6, 6.07) is 5.09. The van der Waals surface area contributed by atoms with Crippen molar-refractivity contribution in [3.8, 4) is 0 Å². The largest absolute Gasteiger partial charge is 0.325 e. The minimum absolute atomic E-state index is 0.234. The minimum atomic E-state index is -0.291. The Labute approximate surface area is 86.3 Å². The highest BCUT2D eigenvalue weighted by atomic mass is 79.9. The van der Waals surface area contributed by atoms with E-state index in [1.54, 1.807) is 6.07 Å². The molecule has 3 heteroatoms. The molecule has 0 amide bonds. The summed E-state index contributed by atoms with van der Waals surface area (Å²) in [4.78, 5) is 0. The summed E-state index contributed by atoms with van der Waals surface area (Å²) in [5.41, 5.74) is 6.45. The smallest absolute Gasteiger partial charge is 0.137 e. The minimum Gasteiger partial charge on any atom is -0.325 e. The summed E-state index contributed by atoms with van der Waals surface area (Å²) in [6.45, 7) is 3.85. The molecule has 0 atom stereocenters. The Morgan fingerprint density at radius 3 is 2.54 bits per heavy atom. The van der Waals surface area contributed by atoms with E-state index < -0.39 is 0 Å². The lowest BCUT2D eigenvalue weighted by atomic mass is 9.96. The molecule has 0 radical (unpaired) electrons. The maximum atomic E-state index is 13.1. The Bertz CT molecular complexity index is 304. The monoisotopic (exact) mass is 245 g/mol. The molecule has 2 N–H and O–H groups in total. The highest BCUT2D eigenvalue weighted by Gasteiger charge is 2.12. The van der Waals surface area contributed by atoms with Crippen LogP contribution in [0.4, 0.5) is 4.39 Å². The fourth-order valence-electron chi connectivity index (χ4n) is 1.18. The lowest BCUT2D eigenvalue weighted by Gasteiger charge is -2.18. The standard InChI is InChI=1S/C10H13BrFN/c1-10(2,13)6-7-3-4-8(11)9(12)5-7/h3-5H,6,13H2,1-2H3. The van der Waals surface area contributed by atoms with Crippen LogP contribution < -0.4 is 5.73 Å². The van der Waals surface area contributed by atoms with Crippen molar-refractivity contribution < 1.29 is 4.39 Å². The average molecular weight is 246 g/mol. The van der Waals surface area contributed by atoms with Crippen LogP contribution in [0.2, 0.25) is 0 Å². The van der Waals surface area contributed by atoms with E-state index in [1.165, 1.54) is 6.07 Å². The molecule has 1 aromatic rings. The van der Waals surface area contributed by atoms with E-state index in [9.17, 15) is 4.39 Å². The van der Waals surface area contributed by atoms with Crippen LogP contribution in [0.3, 0.4) is 0 Å². The Morgan fingerprint density at radius 1 is 1.46 bits per heavy atom. The zero-order valence-electron chi connectivity index (χ0n) is 7.77. The molecule has 0 spiro atoms. The number of benzene rings is 1. The zero-order chi connectivity index (χ0) is 10.1. The van der Waals surface area contributed by atoms with Crippen LogP contribution in [0, 0.1) is 5.82 Å². The second-order valence-electron chi connectivity index (χ2n) is 3.91. The van der Waals surface area contributed by atoms with Crippen LogP contribution in [0.5, 0.6) is 0 Å². The van der Waals surface area contributed by atoms with Crippen LogP contribution in [-0.4, -0.2) is 5.54 Å². The first-order valence-electron chi connectivity index (χ1n) is 4.11. The number of halogens is 2. The van der Waals surface area contributed by atoms with Gasteiger partial charge in [-0.05, 0) is 53.9 Å². The quantitative estimate of drug-likeness (QED) is 0.853. The number of rotatable bonds is 2. The van der Waals surface area contributed by atoms with E-state index >= 15 is 0 Å². The summed E-state index contributed by atoms with van der Waals surface area (Å²) in [5.74, 6) is -0.234. The van der Waals surface area contributed by atoms with Crippen LogP contribution in [0.1, 0.15) is 19.4 Å². The van der Waals surface area contributed by atoms with Gasteiger partial charge in [-0.1, -0.05) is 6.07 Å². The molecule has 1 aromatic carbocycles. The topological polar surface area (TPSA) is 26.0 Å². The van der Waals surface area contributed by atoms with E-state index in [4.69, 9.17) is 5.73 Å². The van der Waals surface area contributed by atoms with Gasteiger partial charge in [0.05, 0.1) is 4.47 Å². The Morgan fingerprint density at radius 2 is 2.08 bits per heavy atom. The third-order valence-corrected chi connectivity index (χ3v) is 2.29. The second-order valence-corrected chi connectivity index (χ2v) is 4.77. The van der Waals surface area contributed by atoms with Gasteiger partial charge in [0.25, 0.3) is 0 Å². The van der Waals surface area contributed by atoms with Crippen LogP contribution in [0.15, 0.2) is 22.7 Å². The van der Waals surface area contributed by atoms with Crippen molar-refractivity contribution in [3.63, 3.8) is 0 Å². The van der Waals surface area contributed by atoms with E-state index in [-0.39, 0.29) is 11.4 Å². The molecular weight excluding hydrogens is 233 g/mol. The SMILES string of the molecule is CC(C)(N)Cc1ccc(Br)c(F)c1. The van der Waals surface area contributed by atoms with E-state index in [2.05, 4.69) is 15.9 Å². The Balaban J connectivity index is 2.86. The summed E-state index contributed by atoms with van der Waals surface area (Å²) in [7, 11) is 0. The van der Waals surface area contributed by atoms with Crippen molar-refractivity contribution in [2.75, 3.05) is 0 Å². The molecule has 0 aromatic heterocycles. The van der Waals surface area contributed by atoms with Crippen molar-refractivity contribution in [1.29, 1.82) is 0 Å². The van der Waals surface area contributed by atoms with Crippen molar-refractivity contribution in [1.82, 2.24) is 0 Å². The van der Waals surface area contributed by atoms with Gasteiger partial charge in [0.2, 0.25) is 0 Å². The first-order chi connectivity index (χ1) is 5.88. The van der Waals surface area contributed by atoms with Crippen LogP contribution in [-0.2, 0) is 6.42 Å². The zero-order valence-corrected chi connectivity index (χ0v) is 9.36. The summed E-state index contributed by atoms with van der Waals surface area (Å²) in [6.07, 6.45) is 0.678. The third-order valence-electron chi connectivity index (χ3n) is 1.64. The molecule has 0 saturated heterocycles. The van der Waals surface area contributed by atoms with Gasteiger partial charge in [-0.2, -0.15) is 0 Å². The molecule has 0 fully saturated rings. The first-order valence-corrected chi connectivity index (χ1v) is 4.90. The normalized spacial score (nSPS) is 11.8. The number of hydrogen-bond donors (Lipinski definition) is 1. The van der Waals surface area contributed by atoms with Crippen molar-refractivity contribution in [3.05, 3.63) is 34.1 Å². The van der Waals surface area contributed by atoms with E-state index in [0.717, 1.165) is 5.56 Å². The lowest BCUT2D eigenvalue weighted by Crippen LogP contribution is -2.34. The van der Waals surface area contributed by atoms with Crippen LogP contribution >= 0.6 is 15.9 Å². The lowest BCUT2D eigenvalue weighted by molar-refractivity contribution is 0.514. The summed E-state index contributed by atoms with van der Waals surface area (Å²) < 4.78 is 13.6. The van der Waals surface area contributed by atoms with Gasteiger partial charge in [0.15, 0.2) is 0 Å². The van der Waals surface area contributed by atoms with Gasteiger partial charge in [-0.25, -0.2) is 4.39 Å². The van der Waals surface area contributed by atoms with Crippen molar-refractivity contribution in [2.45, 2.75) is 25.8 Å². The van der Waals surface area contributed by atoms with Crippen molar-refractivity contribution >= 4 is 15.9 Å². The van der Waals surface area contributed by atoms with Gasteiger partial charge in [0, 0.05) is 5.54 Å². The van der Waals surface area contributed by atoms with Gasteiger partial charge >= 0.3 is 0 Å². The predicted molar refractivity (Wildman–Crippen MR) is 56.1 cm³/mol. The van der Waals surface area contributed by atoms with Crippen LogP contribution in [0.25, 0.3) is 0 Å². The predicted octanol–water partition coefficient (Wildman–Crippen LogP) is 2.87. The molecule has 1 rings (SSSR count). The Kier molecular flexibility index (Phi) is 3.09.